The predicted octanol–water partition coefficient (Wildman–Crippen LogP) is 3.54. The van der Waals surface area contributed by atoms with Gasteiger partial charge < -0.3 is 24.1 Å². The topological polar surface area (TPSA) is 65.8 Å². The Labute approximate surface area is 154 Å². The third-order valence-electron chi connectivity index (χ3n) is 4.93. The Morgan fingerprint density at radius 3 is 2.81 bits per heavy atom. The minimum Gasteiger partial charge on any atom is -0.493 e. The molecular formula is C20H28N2O4. The first kappa shape index (κ1) is 18.7. The van der Waals surface area contributed by atoms with Crippen LogP contribution in [0.4, 0.5) is 0 Å². The summed E-state index contributed by atoms with van der Waals surface area (Å²) >= 11 is 0. The second-order valence-corrected chi connectivity index (χ2v) is 6.80. The largest absolute Gasteiger partial charge is 0.493 e. The van der Waals surface area contributed by atoms with E-state index < -0.39 is 0 Å². The molecule has 6 nitrogen and oxygen atoms in total. The van der Waals surface area contributed by atoms with E-state index in [0.29, 0.717) is 24.5 Å². The molecule has 3 rings (SSSR count). The second-order valence-electron chi connectivity index (χ2n) is 6.80. The molecule has 2 heterocycles. The molecule has 1 aromatic heterocycles. The maximum atomic E-state index is 5.93. The monoisotopic (exact) mass is 360 g/mol. The smallest absolute Gasteiger partial charge is 0.161 e. The van der Waals surface area contributed by atoms with E-state index in [9.17, 15) is 0 Å². The zero-order valence-electron chi connectivity index (χ0n) is 16.0. The van der Waals surface area contributed by atoms with Gasteiger partial charge in [-0.3, -0.25) is 0 Å². The van der Waals surface area contributed by atoms with Gasteiger partial charge in [-0.1, -0.05) is 11.2 Å². The van der Waals surface area contributed by atoms with Crippen molar-refractivity contribution in [3.05, 3.63) is 40.8 Å². The average molecular weight is 360 g/mol. The molecule has 0 spiro atoms. The van der Waals surface area contributed by atoms with E-state index in [0.717, 1.165) is 54.3 Å². The van der Waals surface area contributed by atoms with Crippen molar-refractivity contribution < 1.29 is 18.7 Å². The van der Waals surface area contributed by atoms with Crippen LogP contribution in [0.5, 0.6) is 11.5 Å². The summed E-state index contributed by atoms with van der Waals surface area (Å²) in [4.78, 5) is 0. The molecule has 1 aliphatic rings. The van der Waals surface area contributed by atoms with Crippen molar-refractivity contribution >= 4 is 0 Å². The first-order valence-corrected chi connectivity index (χ1v) is 9.15. The van der Waals surface area contributed by atoms with Crippen LogP contribution in [0.15, 0.2) is 22.7 Å². The van der Waals surface area contributed by atoms with Crippen molar-refractivity contribution in [1.82, 2.24) is 10.5 Å². The Kier molecular flexibility index (Phi) is 6.16. The number of rotatable bonds is 8. The highest BCUT2D eigenvalue weighted by Crippen LogP contribution is 2.29. The fraction of sp³-hybridized carbons (Fsp3) is 0.550. The molecule has 2 atom stereocenters. The van der Waals surface area contributed by atoms with Crippen LogP contribution in [-0.4, -0.2) is 31.0 Å². The van der Waals surface area contributed by atoms with Crippen molar-refractivity contribution in [3.63, 3.8) is 0 Å². The maximum Gasteiger partial charge on any atom is 0.161 e. The number of hydrogen-bond acceptors (Lipinski definition) is 6. The Bertz CT molecular complexity index is 703. The number of hydrogen-bond donors (Lipinski definition) is 1. The molecule has 1 aliphatic heterocycles. The van der Waals surface area contributed by atoms with E-state index in [1.807, 2.05) is 26.0 Å². The van der Waals surface area contributed by atoms with E-state index in [1.54, 1.807) is 7.11 Å². The Balaban J connectivity index is 1.60. The molecule has 26 heavy (non-hydrogen) atoms. The lowest BCUT2D eigenvalue weighted by atomic mass is 10.1. The van der Waals surface area contributed by atoms with Crippen LogP contribution >= 0.6 is 0 Å². The van der Waals surface area contributed by atoms with Gasteiger partial charge in [0.05, 0.1) is 24.5 Å². The summed E-state index contributed by atoms with van der Waals surface area (Å²) in [5.74, 6) is 2.22. The summed E-state index contributed by atoms with van der Waals surface area (Å²) in [5, 5.41) is 7.49. The first-order valence-electron chi connectivity index (χ1n) is 9.15. The molecule has 1 N–H and O–H groups in total. The molecule has 0 saturated carbocycles. The number of methoxy groups -OCH3 is 1. The zero-order valence-corrected chi connectivity index (χ0v) is 16.0. The number of ether oxygens (including phenoxy) is 3. The zero-order chi connectivity index (χ0) is 18.5. The van der Waals surface area contributed by atoms with E-state index in [-0.39, 0.29) is 0 Å². The second kappa shape index (κ2) is 8.56. The van der Waals surface area contributed by atoms with E-state index >= 15 is 0 Å². The third kappa shape index (κ3) is 4.37. The van der Waals surface area contributed by atoms with Gasteiger partial charge in [0.1, 0.15) is 12.4 Å². The van der Waals surface area contributed by atoms with Gasteiger partial charge in [0.25, 0.3) is 0 Å². The van der Waals surface area contributed by atoms with Crippen LogP contribution in [0.3, 0.4) is 0 Å². The van der Waals surface area contributed by atoms with Crippen molar-refractivity contribution in [1.29, 1.82) is 0 Å². The molecule has 6 heteroatoms. The van der Waals surface area contributed by atoms with Gasteiger partial charge >= 0.3 is 0 Å². The molecule has 1 aromatic carbocycles. The molecule has 1 saturated heterocycles. The number of nitrogens with zero attached hydrogens (tertiary/aromatic N) is 1. The number of nitrogens with one attached hydrogen (secondary N) is 1. The molecule has 0 unspecified atom stereocenters. The van der Waals surface area contributed by atoms with Crippen molar-refractivity contribution in [2.45, 2.75) is 58.9 Å². The number of aryl methyl sites for hydroxylation is 2. The molecule has 0 bridgehead atoms. The van der Waals surface area contributed by atoms with Gasteiger partial charge in [0.15, 0.2) is 11.5 Å². The summed E-state index contributed by atoms with van der Waals surface area (Å²) in [6.45, 7) is 8.03. The fourth-order valence-corrected chi connectivity index (χ4v) is 3.21. The highest BCUT2D eigenvalue weighted by molar-refractivity contribution is 5.43. The highest BCUT2D eigenvalue weighted by atomic mass is 16.5. The number of aromatic nitrogens is 1. The van der Waals surface area contributed by atoms with Crippen LogP contribution in [0.25, 0.3) is 0 Å². The van der Waals surface area contributed by atoms with Gasteiger partial charge in [0.2, 0.25) is 0 Å². The Hall–Kier alpha value is -2.05. The standard InChI is InChI=1S/C20H28N2O4/c1-13-17(15(3)26-22-13)12-25-19-8-7-16(10-20(19)23-4)11-21-14(2)18-6-5-9-24-18/h7-8,10,14,18,21H,5-6,9,11-12H2,1-4H3/t14-,18-/m1/s1. The minimum atomic E-state index is 0.314. The quantitative estimate of drug-likeness (QED) is 0.777. The summed E-state index contributed by atoms with van der Waals surface area (Å²) in [7, 11) is 1.66. The minimum absolute atomic E-state index is 0.314. The van der Waals surface area contributed by atoms with Crippen LogP contribution in [0.1, 0.15) is 42.3 Å². The molecule has 0 aliphatic carbocycles. The van der Waals surface area contributed by atoms with Gasteiger partial charge in [-0.05, 0) is 51.3 Å². The van der Waals surface area contributed by atoms with Crippen molar-refractivity contribution in [3.8, 4) is 11.5 Å². The van der Waals surface area contributed by atoms with Crippen LogP contribution in [0.2, 0.25) is 0 Å². The molecule has 142 valence electrons. The van der Waals surface area contributed by atoms with Gasteiger partial charge in [-0.2, -0.15) is 0 Å². The lowest BCUT2D eigenvalue weighted by Crippen LogP contribution is -2.36. The van der Waals surface area contributed by atoms with Crippen molar-refractivity contribution in [2.75, 3.05) is 13.7 Å². The van der Waals surface area contributed by atoms with E-state index in [1.165, 1.54) is 0 Å². The molecule has 2 aromatic rings. The molecule has 1 fully saturated rings. The third-order valence-corrected chi connectivity index (χ3v) is 4.93. The van der Waals surface area contributed by atoms with Gasteiger partial charge in [-0.25, -0.2) is 0 Å². The van der Waals surface area contributed by atoms with Gasteiger partial charge in [0, 0.05) is 19.2 Å². The Morgan fingerprint density at radius 2 is 2.15 bits per heavy atom. The van der Waals surface area contributed by atoms with Crippen molar-refractivity contribution in [2.24, 2.45) is 0 Å². The molecule has 0 radical (unpaired) electrons. The normalized spacial score (nSPS) is 18.1. The van der Waals surface area contributed by atoms with E-state index in [2.05, 4.69) is 23.5 Å². The number of benzene rings is 1. The SMILES string of the molecule is COc1cc(CN[C@H](C)[C@H]2CCCO2)ccc1OCc1c(C)noc1C. The highest BCUT2D eigenvalue weighted by Gasteiger charge is 2.21. The Morgan fingerprint density at radius 1 is 1.31 bits per heavy atom. The average Bonchev–Trinajstić information content (AvgIpc) is 3.29. The summed E-state index contributed by atoms with van der Waals surface area (Å²) < 4.78 is 22.3. The summed E-state index contributed by atoms with van der Waals surface area (Å²) in [6, 6.07) is 6.35. The van der Waals surface area contributed by atoms with Crippen LogP contribution < -0.4 is 14.8 Å². The van der Waals surface area contributed by atoms with Crippen LogP contribution in [0, 0.1) is 13.8 Å². The first-order chi connectivity index (χ1) is 12.6. The lowest BCUT2D eigenvalue weighted by molar-refractivity contribution is 0.0832. The predicted molar refractivity (Wildman–Crippen MR) is 98.6 cm³/mol. The summed E-state index contributed by atoms with van der Waals surface area (Å²) in [6.07, 6.45) is 2.60. The lowest BCUT2D eigenvalue weighted by Gasteiger charge is -2.20. The molecule has 0 amide bonds. The molecular weight excluding hydrogens is 332 g/mol. The van der Waals surface area contributed by atoms with E-state index in [4.69, 9.17) is 18.7 Å². The summed E-state index contributed by atoms with van der Waals surface area (Å²) in [5.41, 5.74) is 2.98. The van der Waals surface area contributed by atoms with Crippen LogP contribution in [-0.2, 0) is 17.9 Å². The maximum absolute atomic E-state index is 5.93. The fourth-order valence-electron chi connectivity index (χ4n) is 3.21. The van der Waals surface area contributed by atoms with Gasteiger partial charge in [-0.15, -0.1) is 0 Å².